The Morgan fingerprint density at radius 3 is 2.71 bits per heavy atom. The van der Waals surface area contributed by atoms with Gasteiger partial charge in [-0.2, -0.15) is 5.10 Å². The van der Waals surface area contributed by atoms with Crippen molar-refractivity contribution in [3.63, 3.8) is 0 Å². The highest BCUT2D eigenvalue weighted by atomic mass is 16.6. The number of aliphatic imine (C=N–C) groups is 1. The number of benzene rings is 2. The number of aromatic nitrogens is 2. The number of hydrogen-bond donors (Lipinski definition) is 1. The summed E-state index contributed by atoms with van der Waals surface area (Å²) >= 11 is 0. The third kappa shape index (κ3) is 3.88. The molecule has 0 saturated heterocycles. The molecular weight excluding hydrogens is 362 g/mol. The number of aryl methyl sites for hydroxylation is 1. The second-order valence-electron chi connectivity index (χ2n) is 5.73. The maximum Gasteiger partial charge on any atom is 0.278 e. The van der Waals surface area contributed by atoms with Crippen molar-refractivity contribution in [2.45, 2.75) is 0 Å². The largest absolute Gasteiger partial charge is 0.495 e. The first-order valence-electron chi connectivity index (χ1n) is 8.25. The Bertz CT molecular complexity index is 1060. The van der Waals surface area contributed by atoms with E-state index in [-0.39, 0.29) is 17.1 Å². The second kappa shape index (κ2) is 8.12. The molecule has 0 bridgehead atoms. The van der Waals surface area contributed by atoms with Crippen molar-refractivity contribution in [1.82, 2.24) is 9.78 Å². The van der Waals surface area contributed by atoms with E-state index in [1.807, 2.05) is 0 Å². The van der Waals surface area contributed by atoms with Gasteiger partial charge in [-0.1, -0.05) is 24.3 Å². The van der Waals surface area contributed by atoms with Gasteiger partial charge in [-0.25, -0.2) is 0 Å². The summed E-state index contributed by atoms with van der Waals surface area (Å²) in [7, 11) is 3.12. The number of carbonyl (C=O) groups excluding carboxylic acids is 1. The van der Waals surface area contributed by atoms with E-state index in [2.05, 4.69) is 15.4 Å². The molecule has 0 aliphatic rings. The van der Waals surface area contributed by atoms with Crippen molar-refractivity contribution in [3.05, 3.63) is 76.1 Å². The highest BCUT2D eigenvalue weighted by molar-refractivity contribution is 6.07. The van der Waals surface area contributed by atoms with Crippen molar-refractivity contribution >= 4 is 29.2 Å². The summed E-state index contributed by atoms with van der Waals surface area (Å²) in [5, 5.41) is 18.0. The zero-order valence-electron chi connectivity index (χ0n) is 15.2. The van der Waals surface area contributed by atoms with E-state index in [0.29, 0.717) is 17.0 Å². The minimum absolute atomic E-state index is 0.0739. The van der Waals surface area contributed by atoms with Crippen LogP contribution in [0.5, 0.6) is 5.75 Å². The number of methoxy groups -OCH3 is 1. The summed E-state index contributed by atoms with van der Waals surface area (Å²) in [6.07, 6.45) is 2.76. The SMILES string of the molecule is COc1ccccc1NC(=O)c1c(N=Cc2ccccc2[N+](=O)[O-])cnn1C. The monoisotopic (exact) mass is 379 g/mol. The zero-order chi connectivity index (χ0) is 20.1. The van der Waals surface area contributed by atoms with Gasteiger partial charge in [0, 0.05) is 19.3 Å². The summed E-state index contributed by atoms with van der Waals surface area (Å²) in [6, 6.07) is 13.2. The fraction of sp³-hybridized carbons (Fsp3) is 0.105. The number of nitrogens with zero attached hydrogens (tertiary/aromatic N) is 4. The number of amides is 1. The normalized spacial score (nSPS) is 10.8. The smallest absolute Gasteiger partial charge is 0.278 e. The molecular formula is C19H17N5O4. The van der Waals surface area contributed by atoms with Crippen LogP contribution < -0.4 is 10.1 Å². The molecule has 28 heavy (non-hydrogen) atoms. The lowest BCUT2D eigenvalue weighted by Crippen LogP contribution is -2.16. The van der Waals surface area contributed by atoms with Crippen LogP contribution in [0.2, 0.25) is 0 Å². The molecule has 1 aromatic heterocycles. The van der Waals surface area contributed by atoms with E-state index in [1.165, 1.54) is 30.3 Å². The van der Waals surface area contributed by atoms with Crippen LogP contribution in [-0.4, -0.2) is 33.9 Å². The van der Waals surface area contributed by atoms with Crippen molar-refractivity contribution < 1.29 is 14.5 Å². The van der Waals surface area contributed by atoms with Crippen LogP contribution in [0.25, 0.3) is 0 Å². The summed E-state index contributed by atoms with van der Waals surface area (Å²) in [5.41, 5.74) is 1.25. The average Bonchev–Trinajstić information content (AvgIpc) is 3.07. The lowest BCUT2D eigenvalue weighted by atomic mass is 10.2. The minimum Gasteiger partial charge on any atom is -0.495 e. The van der Waals surface area contributed by atoms with Crippen LogP contribution in [-0.2, 0) is 7.05 Å². The van der Waals surface area contributed by atoms with Gasteiger partial charge in [-0.05, 0) is 18.2 Å². The number of para-hydroxylation sites is 3. The van der Waals surface area contributed by atoms with Gasteiger partial charge in [0.2, 0.25) is 0 Å². The van der Waals surface area contributed by atoms with Crippen LogP contribution in [0.15, 0.2) is 59.7 Å². The van der Waals surface area contributed by atoms with E-state index in [9.17, 15) is 14.9 Å². The molecule has 0 atom stereocenters. The molecule has 2 aromatic carbocycles. The Hall–Kier alpha value is -4.01. The van der Waals surface area contributed by atoms with E-state index in [1.54, 1.807) is 49.5 Å². The van der Waals surface area contributed by atoms with Crippen LogP contribution in [0.3, 0.4) is 0 Å². The molecule has 9 heteroatoms. The number of nitro groups is 1. The van der Waals surface area contributed by atoms with Crippen molar-refractivity contribution in [2.24, 2.45) is 12.0 Å². The molecule has 0 aliphatic carbocycles. The molecule has 3 rings (SSSR count). The predicted octanol–water partition coefficient (Wildman–Crippen LogP) is 3.34. The Morgan fingerprint density at radius 2 is 1.96 bits per heavy atom. The molecule has 0 aliphatic heterocycles. The van der Waals surface area contributed by atoms with Crippen molar-refractivity contribution in [3.8, 4) is 5.75 Å². The number of rotatable bonds is 6. The first kappa shape index (κ1) is 18.8. The third-order valence-corrected chi connectivity index (χ3v) is 3.97. The first-order chi connectivity index (χ1) is 13.5. The number of carbonyl (C=O) groups is 1. The highest BCUT2D eigenvalue weighted by Gasteiger charge is 2.18. The molecule has 9 nitrogen and oxygen atoms in total. The molecule has 142 valence electrons. The van der Waals surface area contributed by atoms with E-state index in [4.69, 9.17) is 4.74 Å². The van der Waals surface area contributed by atoms with Gasteiger partial charge in [0.15, 0.2) is 5.69 Å². The summed E-state index contributed by atoms with van der Waals surface area (Å²) in [6.45, 7) is 0. The Kier molecular flexibility index (Phi) is 5.45. The number of nitro benzene ring substituents is 1. The Morgan fingerprint density at radius 1 is 1.25 bits per heavy atom. The van der Waals surface area contributed by atoms with Crippen LogP contribution in [0.4, 0.5) is 17.1 Å². The molecule has 0 fully saturated rings. The zero-order valence-corrected chi connectivity index (χ0v) is 15.2. The summed E-state index contributed by atoms with van der Waals surface area (Å²) in [4.78, 5) is 27.6. The molecule has 1 heterocycles. The number of ether oxygens (including phenoxy) is 1. The van der Waals surface area contributed by atoms with Gasteiger partial charge >= 0.3 is 0 Å². The Balaban J connectivity index is 1.90. The maximum absolute atomic E-state index is 12.8. The lowest BCUT2D eigenvalue weighted by Gasteiger charge is -2.10. The molecule has 0 radical (unpaired) electrons. The van der Waals surface area contributed by atoms with Gasteiger partial charge in [0.25, 0.3) is 11.6 Å². The van der Waals surface area contributed by atoms with E-state index in [0.717, 1.165) is 0 Å². The van der Waals surface area contributed by atoms with E-state index >= 15 is 0 Å². The predicted molar refractivity (Wildman–Crippen MR) is 105 cm³/mol. The standard InChI is InChI=1S/C19H17N5O4/c1-23-18(19(25)22-14-8-4-6-10-17(14)28-2)15(12-21-23)20-11-13-7-3-5-9-16(13)24(26)27/h3-12H,1-2H3,(H,22,25). The molecule has 1 amide bonds. The van der Waals surface area contributed by atoms with Crippen LogP contribution in [0, 0.1) is 10.1 Å². The number of nitrogens with one attached hydrogen (secondary N) is 1. The molecule has 0 spiro atoms. The van der Waals surface area contributed by atoms with Crippen LogP contribution >= 0.6 is 0 Å². The van der Waals surface area contributed by atoms with Crippen molar-refractivity contribution in [1.29, 1.82) is 0 Å². The van der Waals surface area contributed by atoms with Gasteiger partial charge < -0.3 is 10.1 Å². The van der Waals surface area contributed by atoms with Gasteiger partial charge in [0.05, 0.1) is 29.5 Å². The van der Waals surface area contributed by atoms with Crippen LogP contribution in [0.1, 0.15) is 16.1 Å². The number of hydrogen-bond acceptors (Lipinski definition) is 6. The van der Waals surface area contributed by atoms with Gasteiger partial charge in [-0.15, -0.1) is 0 Å². The maximum atomic E-state index is 12.8. The quantitative estimate of drug-likeness (QED) is 0.401. The Labute approximate surface area is 160 Å². The van der Waals surface area contributed by atoms with Crippen molar-refractivity contribution in [2.75, 3.05) is 12.4 Å². The number of anilines is 1. The first-order valence-corrected chi connectivity index (χ1v) is 8.25. The van der Waals surface area contributed by atoms with E-state index < -0.39 is 10.8 Å². The molecule has 3 aromatic rings. The van der Waals surface area contributed by atoms with Gasteiger partial charge in [0.1, 0.15) is 11.4 Å². The van der Waals surface area contributed by atoms with Gasteiger partial charge in [-0.3, -0.25) is 24.6 Å². The fourth-order valence-electron chi connectivity index (χ4n) is 2.62. The highest BCUT2D eigenvalue weighted by Crippen LogP contribution is 2.26. The molecule has 0 saturated carbocycles. The minimum atomic E-state index is -0.486. The lowest BCUT2D eigenvalue weighted by molar-refractivity contribution is -0.385. The summed E-state index contributed by atoms with van der Waals surface area (Å²) < 4.78 is 6.62. The molecule has 1 N–H and O–H groups in total. The fourth-order valence-corrected chi connectivity index (χ4v) is 2.62. The average molecular weight is 379 g/mol. The third-order valence-electron chi connectivity index (χ3n) is 3.97. The summed E-state index contributed by atoms with van der Waals surface area (Å²) in [5.74, 6) is 0.0854. The molecule has 0 unspecified atom stereocenters. The topological polar surface area (TPSA) is 112 Å². The second-order valence-corrected chi connectivity index (χ2v) is 5.73.